The molecule has 2 aromatic carbocycles. The van der Waals surface area contributed by atoms with Gasteiger partial charge in [-0.15, -0.1) is 0 Å². The summed E-state index contributed by atoms with van der Waals surface area (Å²) in [6.45, 7) is 5.41. The van der Waals surface area contributed by atoms with Crippen molar-refractivity contribution in [2.75, 3.05) is 18.5 Å². The molecule has 2 aromatic rings. The fourth-order valence-corrected chi connectivity index (χ4v) is 3.02. The van der Waals surface area contributed by atoms with Crippen molar-refractivity contribution in [3.63, 3.8) is 0 Å². The number of hydrogen-bond donors (Lipinski definition) is 2. The van der Waals surface area contributed by atoms with E-state index in [0.29, 0.717) is 36.0 Å². The van der Waals surface area contributed by atoms with Gasteiger partial charge in [0.05, 0.1) is 23.4 Å². The summed E-state index contributed by atoms with van der Waals surface area (Å²) in [4.78, 5) is 12.5. The van der Waals surface area contributed by atoms with Gasteiger partial charge in [0, 0.05) is 5.56 Å². The number of anilines is 1. The van der Waals surface area contributed by atoms with E-state index in [2.05, 4.69) is 33.5 Å². The molecule has 0 heterocycles. The first-order chi connectivity index (χ1) is 13.5. The molecule has 0 radical (unpaired) electrons. The van der Waals surface area contributed by atoms with Crippen molar-refractivity contribution in [1.82, 2.24) is 5.32 Å². The first kappa shape index (κ1) is 22.2. The van der Waals surface area contributed by atoms with Gasteiger partial charge in [-0.1, -0.05) is 32.4 Å². The van der Waals surface area contributed by atoms with Gasteiger partial charge >= 0.3 is 0 Å². The van der Waals surface area contributed by atoms with Gasteiger partial charge in [0.1, 0.15) is 11.5 Å². The minimum Gasteiger partial charge on any atom is -0.492 e. The van der Waals surface area contributed by atoms with E-state index in [-0.39, 0.29) is 11.0 Å². The van der Waals surface area contributed by atoms with Crippen molar-refractivity contribution in [1.29, 1.82) is 0 Å². The number of unbranched alkanes of at least 4 members (excludes halogenated alkanes) is 1. The molecule has 0 spiro atoms. The summed E-state index contributed by atoms with van der Waals surface area (Å²) >= 11 is 8.72. The molecule has 2 rings (SSSR count). The molecule has 0 bridgehead atoms. The van der Waals surface area contributed by atoms with Gasteiger partial charge in [0.15, 0.2) is 5.11 Å². The highest BCUT2D eigenvalue weighted by molar-refractivity contribution is 9.10. The third-order valence-electron chi connectivity index (χ3n) is 3.77. The summed E-state index contributed by atoms with van der Waals surface area (Å²) in [6, 6.07) is 12.7. The number of thiocarbonyl (C=S) groups is 1. The average molecular weight is 465 g/mol. The van der Waals surface area contributed by atoms with Crippen molar-refractivity contribution in [3.8, 4) is 11.5 Å². The Labute approximate surface area is 179 Å². The van der Waals surface area contributed by atoms with Crippen LogP contribution in [0.1, 0.15) is 43.5 Å². The Morgan fingerprint density at radius 2 is 1.79 bits per heavy atom. The maximum absolute atomic E-state index is 12.5. The van der Waals surface area contributed by atoms with Crippen LogP contribution in [0, 0.1) is 0 Å². The highest BCUT2D eigenvalue weighted by atomic mass is 79.9. The van der Waals surface area contributed by atoms with Crippen LogP contribution in [-0.4, -0.2) is 24.2 Å². The summed E-state index contributed by atoms with van der Waals surface area (Å²) < 4.78 is 12.1. The Bertz CT molecular complexity index is 814. The predicted molar refractivity (Wildman–Crippen MR) is 120 cm³/mol. The molecule has 0 aromatic heterocycles. The van der Waals surface area contributed by atoms with Crippen LogP contribution in [0.5, 0.6) is 11.5 Å². The molecule has 0 atom stereocenters. The topological polar surface area (TPSA) is 59.6 Å². The SMILES string of the molecule is CCCCOc1ccccc1NC(=S)NC(=O)c1ccc(OCCC)c(Br)c1. The first-order valence-corrected chi connectivity index (χ1v) is 10.5. The fourth-order valence-electron chi connectivity index (χ4n) is 2.32. The molecule has 0 aliphatic carbocycles. The van der Waals surface area contributed by atoms with E-state index in [0.717, 1.165) is 23.7 Å². The van der Waals surface area contributed by atoms with Gasteiger partial charge < -0.3 is 14.8 Å². The zero-order valence-electron chi connectivity index (χ0n) is 16.1. The zero-order chi connectivity index (χ0) is 20.4. The average Bonchev–Trinajstić information content (AvgIpc) is 2.68. The molecule has 150 valence electrons. The Kier molecular flexibility index (Phi) is 9.23. The van der Waals surface area contributed by atoms with Crippen LogP contribution in [-0.2, 0) is 0 Å². The van der Waals surface area contributed by atoms with E-state index < -0.39 is 0 Å². The molecule has 7 heteroatoms. The number of carbonyl (C=O) groups is 1. The van der Waals surface area contributed by atoms with Gasteiger partial charge in [0.2, 0.25) is 0 Å². The second-order valence-corrected chi connectivity index (χ2v) is 7.36. The minimum absolute atomic E-state index is 0.207. The van der Waals surface area contributed by atoms with E-state index in [4.69, 9.17) is 21.7 Å². The third-order valence-corrected chi connectivity index (χ3v) is 4.60. The smallest absolute Gasteiger partial charge is 0.257 e. The maximum atomic E-state index is 12.5. The standard InChI is InChI=1S/C21H25BrN2O3S/c1-3-5-13-27-19-9-7-6-8-17(19)23-21(28)24-20(25)15-10-11-18(16(22)14-15)26-12-4-2/h6-11,14H,3-5,12-13H2,1-2H3,(H2,23,24,25,28). The van der Waals surface area contributed by atoms with Gasteiger partial charge in [-0.05, 0) is 71.3 Å². The summed E-state index contributed by atoms with van der Waals surface area (Å²) in [6.07, 6.45) is 2.95. The van der Waals surface area contributed by atoms with Crippen LogP contribution in [0.25, 0.3) is 0 Å². The Morgan fingerprint density at radius 3 is 2.50 bits per heavy atom. The molecule has 5 nitrogen and oxygen atoms in total. The van der Waals surface area contributed by atoms with Crippen LogP contribution in [0.2, 0.25) is 0 Å². The lowest BCUT2D eigenvalue weighted by Gasteiger charge is -2.14. The molecule has 0 unspecified atom stereocenters. The lowest BCUT2D eigenvalue weighted by Crippen LogP contribution is -2.34. The normalized spacial score (nSPS) is 10.2. The van der Waals surface area contributed by atoms with Gasteiger partial charge in [-0.3, -0.25) is 10.1 Å². The quantitative estimate of drug-likeness (QED) is 0.376. The number of rotatable bonds is 9. The summed E-state index contributed by atoms with van der Waals surface area (Å²) in [5.74, 6) is 1.11. The second-order valence-electron chi connectivity index (χ2n) is 6.10. The molecule has 2 N–H and O–H groups in total. The Balaban J connectivity index is 1.98. The Hall–Kier alpha value is -2.12. The molecule has 0 fully saturated rings. The van der Waals surface area contributed by atoms with Crippen LogP contribution >= 0.6 is 28.1 Å². The monoisotopic (exact) mass is 464 g/mol. The van der Waals surface area contributed by atoms with E-state index in [1.54, 1.807) is 18.2 Å². The number of para-hydroxylation sites is 2. The van der Waals surface area contributed by atoms with Crippen LogP contribution in [0.4, 0.5) is 5.69 Å². The number of halogens is 1. The molecule has 0 aliphatic rings. The predicted octanol–water partition coefficient (Wildman–Crippen LogP) is 5.54. The van der Waals surface area contributed by atoms with Crippen molar-refractivity contribution < 1.29 is 14.3 Å². The van der Waals surface area contributed by atoms with Crippen molar-refractivity contribution >= 4 is 44.9 Å². The lowest BCUT2D eigenvalue weighted by atomic mass is 10.2. The molecule has 0 saturated carbocycles. The van der Waals surface area contributed by atoms with E-state index >= 15 is 0 Å². The van der Waals surface area contributed by atoms with E-state index in [9.17, 15) is 4.79 Å². The first-order valence-electron chi connectivity index (χ1n) is 9.31. The van der Waals surface area contributed by atoms with E-state index in [1.807, 2.05) is 31.2 Å². The van der Waals surface area contributed by atoms with Gasteiger partial charge in [-0.2, -0.15) is 0 Å². The van der Waals surface area contributed by atoms with E-state index in [1.165, 1.54) is 0 Å². The van der Waals surface area contributed by atoms with Crippen molar-refractivity contribution in [2.24, 2.45) is 0 Å². The number of ether oxygens (including phenoxy) is 2. The number of amides is 1. The van der Waals surface area contributed by atoms with Crippen LogP contribution in [0.15, 0.2) is 46.9 Å². The highest BCUT2D eigenvalue weighted by Gasteiger charge is 2.12. The van der Waals surface area contributed by atoms with Crippen LogP contribution < -0.4 is 20.1 Å². The minimum atomic E-state index is -0.301. The van der Waals surface area contributed by atoms with Crippen molar-refractivity contribution in [3.05, 3.63) is 52.5 Å². The number of benzene rings is 2. The molecule has 28 heavy (non-hydrogen) atoms. The number of carbonyl (C=O) groups excluding carboxylic acids is 1. The summed E-state index contributed by atoms with van der Waals surface area (Å²) in [7, 11) is 0. The number of hydrogen-bond acceptors (Lipinski definition) is 4. The third kappa shape index (κ3) is 6.80. The molecule has 0 aliphatic heterocycles. The maximum Gasteiger partial charge on any atom is 0.257 e. The fraction of sp³-hybridized carbons (Fsp3) is 0.333. The summed E-state index contributed by atoms with van der Waals surface area (Å²) in [5.41, 5.74) is 1.20. The molecular formula is C21H25BrN2O3S. The largest absolute Gasteiger partial charge is 0.492 e. The summed E-state index contributed by atoms with van der Waals surface area (Å²) in [5, 5.41) is 5.93. The van der Waals surface area contributed by atoms with Gasteiger partial charge in [0.25, 0.3) is 5.91 Å². The molecule has 0 saturated heterocycles. The zero-order valence-corrected chi connectivity index (χ0v) is 18.5. The molecular weight excluding hydrogens is 440 g/mol. The molecule has 1 amide bonds. The van der Waals surface area contributed by atoms with Gasteiger partial charge in [-0.25, -0.2) is 0 Å². The number of nitrogens with one attached hydrogen (secondary N) is 2. The highest BCUT2D eigenvalue weighted by Crippen LogP contribution is 2.26. The van der Waals surface area contributed by atoms with Crippen molar-refractivity contribution in [2.45, 2.75) is 33.1 Å². The van der Waals surface area contributed by atoms with Crippen LogP contribution in [0.3, 0.4) is 0 Å². The second kappa shape index (κ2) is 11.7. The Morgan fingerprint density at radius 1 is 1.04 bits per heavy atom. The lowest BCUT2D eigenvalue weighted by molar-refractivity contribution is 0.0977.